The van der Waals surface area contributed by atoms with Crippen LogP contribution in [-0.4, -0.2) is 40.4 Å². The molecule has 1 saturated heterocycles. The lowest BCUT2D eigenvalue weighted by Gasteiger charge is -2.22. The second kappa shape index (κ2) is 7.64. The molecular weight excluding hydrogens is 306 g/mol. The van der Waals surface area contributed by atoms with Crippen molar-refractivity contribution >= 4 is 11.8 Å². The maximum absolute atomic E-state index is 12.4. The van der Waals surface area contributed by atoms with Gasteiger partial charge in [0, 0.05) is 31.8 Å². The molecular formula is C18H25N3O3. The number of likely N-dealkylation sites (tertiary alicyclic amines) is 1. The SMILES string of the molecule is CC(=O)N1CCC[C@H]1C(=O)NCc1cccnc1OC1CCCC1. The lowest BCUT2D eigenvalue weighted by atomic mass is 10.2. The molecule has 1 atom stereocenters. The van der Waals surface area contributed by atoms with Crippen LogP contribution in [0.2, 0.25) is 0 Å². The average Bonchev–Trinajstić information content (AvgIpc) is 3.25. The third-order valence-corrected chi connectivity index (χ3v) is 4.84. The van der Waals surface area contributed by atoms with Crippen molar-refractivity contribution in [3.63, 3.8) is 0 Å². The van der Waals surface area contributed by atoms with Gasteiger partial charge in [-0.1, -0.05) is 6.07 Å². The fourth-order valence-electron chi connectivity index (χ4n) is 3.55. The van der Waals surface area contributed by atoms with Gasteiger partial charge in [0.25, 0.3) is 0 Å². The number of ether oxygens (including phenoxy) is 1. The zero-order chi connectivity index (χ0) is 16.9. The Bertz CT molecular complexity index is 599. The van der Waals surface area contributed by atoms with Crippen LogP contribution in [0.25, 0.3) is 0 Å². The highest BCUT2D eigenvalue weighted by molar-refractivity contribution is 5.87. The first-order valence-electron chi connectivity index (χ1n) is 8.80. The normalized spacial score (nSPS) is 21.0. The molecule has 1 saturated carbocycles. The Morgan fingerprint density at radius 2 is 2.08 bits per heavy atom. The summed E-state index contributed by atoms with van der Waals surface area (Å²) in [4.78, 5) is 30.0. The third kappa shape index (κ3) is 3.86. The van der Waals surface area contributed by atoms with E-state index >= 15 is 0 Å². The van der Waals surface area contributed by atoms with Crippen LogP contribution in [0.1, 0.15) is 51.0 Å². The number of hydrogen-bond acceptors (Lipinski definition) is 4. The predicted octanol–water partition coefficient (Wildman–Crippen LogP) is 2.03. The van der Waals surface area contributed by atoms with Gasteiger partial charge in [0.15, 0.2) is 0 Å². The molecule has 1 aliphatic carbocycles. The quantitative estimate of drug-likeness (QED) is 0.896. The Morgan fingerprint density at radius 3 is 2.83 bits per heavy atom. The Morgan fingerprint density at radius 1 is 1.29 bits per heavy atom. The monoisotopic (exact) mass is 331 g/mol. The molecule has 24 heavy (non-hydrogen) atoms. The van der Waals surface area contributed by atoms with Crippen molar-refractivity contribution in [2.75, 3.05) is 6.54 Å². The standard InChI is InChI=1S/C18H25N3O3/c1-13(22)21-11-5-9-16(21)17(23)20-12-14-6-4-10-19-18(14)24-15-7-2-3-8-15/h4,6,10,15-16H,2-3,5,7-9,11-12H2,1H3,(H,20,23)/t16-/m0/s1. The summed E-state index contributed by atoms with van der Waals surface area (Å²) < 4.78 is 6.00. The highest BCUT2D eigenvalue weighted by Gasteiger charge is 2.32. The lowest BCUT2D eigenvalue weighted by Crippen LogP contribution is -2.44. The molecule has 2 heterocycles. The van der Waals surface area contributed by atoms with Crippen molar-refractivity contribution in [2.45, 2.75) is 64.1 Å². The van der Waals surface area contributed by atoms with E-state index in [9.17, 15) is 9.59 Å². The van der Waals surface area contributed by atoms with Crippen molar-refractivity contribution in [1.82, 2.24) is 15.2 Å². The molecule has 0 radical (unpaired) electrons. The van der Waals surface area contributed by atoms with Gasteiger partial charge in [0.05, 0.1) is 0 Å². The van der Waals surface area contributed by atoms with Gasteiger partial charge in [0.1, 0.15) is 12.1 Å². The topological polar surface area (TPSA) is 71.5 Å². The number of hydrogen-bond donors (Lipinski definition) is 1. The van der Waals surface area contributed by atoms with E-state index in [4.69, 9.17) is 4.74 Å². The van der Waals surface area contributed by atoms with Crippen LogP contribution in [0.15, 0.2) is 18.3 Å². The van der Waals surface area contributed by atoms with Crippen LogP contribution in [0.4, 0.5) is 0 Å². The lowest BCUT2D eigenvalue weighted by molar-refractivity contribution is -0.136. The fourth-order valence-corrected chi connectivity index (χ4v) is 3.55. The minimum Gasteiger partial charge on any atom is -0.474 e. The summed E-state index contributed by atoms with van der Waals surface area (Å²) in [5.41, 5.74) is 0.880. The summed E-state index contributed by atoms with van der Waals surface area (Å²) in [5.74, 6) is 0.470. The number of aromatic nitrogens is 1. The van der Waals surface area contributed by atoms with Gasteiger partial charge in [-0.2, -0.15) is 0 Å². The van der Waals surface area contributed by atoms with Gasteiger partial charge in [-0.05, 0) is 44.6 Å². The molecule has 0 bridgehead atoms. The highest BCUT2D eigenvalue weighted by atomic mass is 16.5. The Kier molecular flexibility index (Phi) is 5.33. The largest absolute Gasteiger partial charge is 0.474 e. The molecule has 6 heteroatoms. The summed E-state index contributed by atoms with van der Waals surface area (Å²) >= 11 is 0. The van der Waals surface area contributed by atoms with Crippen LogP contribution in [0.5, 0.6) is 5.88 Å². The maximum Gasteiger partial charge on any atom is 0.243 e. The molecule has 1 N–H and O–H groups in total. The van der Waals surface area contributed by atoms with Gasteiger partial charge >= 0.3 is 0 Å². The van der Waals surface area contributed by atoms with Gasteiger partial charge in [-0.15, -0.1) is 0 Å². The van der Waals surface area contributed by atoms with E-state index in [2.05, 4.69) is 10.3 Å². The minimum atomic E-state index is -0.349. The van der Waals surface area contributed by atoms with E-state index in [-0.39, 0.29) is 24.0 Å². The van der Waals surface area contributed by atoms with Crippen LogP contribution < -0.4 is 10.1 Å². The third-order valence-electron chi connectivity index (χ3n) is 4.84. The Hall–Kier alpha value is -2.11. The van der Waals surface area contributed by atoms with E-state index < -0.39 is 0 Å². The van der Waals surface area contributed by atoms with Crippen LogP contribution in [-0.2, 0) is 16.1 Å². The van der Waals surface area contributed by atoms with E-state index in [1.54, 1.807) is 11.1 Å². The van der Waals surface area contributed by atoms with Crippen molar-refractivity contribution in [2.24, 2.45) is 0 Å². The van der Waals surface area contributed by atoms with Gasteiger partial charge < -0.3 is 15.0 Å². The van der Waals surface area contributed by atoms with Crippen molar-refractivity contribution in [3.8, 4) is 5.88 Å². The number of carbonyl (C=O) groups excluding carboxylic acids is 2. The highest BCUT2D eigenvalue weighted by Crippen LogP contribution is 2.25. The molecule has 0 unspecified atom stereocenters. The van der Waals surface area contributed by atoms with E-state index in [0.29, 0.717) is 19.0 Å². The zero-order valence-electron chi connectivity index (χ0n) is 14.2. The van der Waals surface area contributed by atoms with E-state index in [1.165, 1.54) is 19.8 Å². The average molecular weight is 331 g/mol. The first kappa shape index (κ1) is 16.7. The minimum absolute atomic E-state index is 0.0423. The molecule has 2 amide bonds. The number of rotatable bonds is 5. The van der Waals surface area contributed by atoms with Gasteiger partial charge in [-0.3, -0.25) is 9.59 Å². The van der Waals surface area contributed by atoms with Gasteiger partial charge in [0.2, 0.25) is 17.7 Å². The second-order valence-corrected chi connectivity index (χ2v) is 6.58. The molecule has 3 rings (SSSR count). The number of nitrogens with zero attached hydrogens (tertiary/aromatic N) is 2. The predicted molar refractivity (Wildman–Crippen MR) is 89.4 cm³/mol. The van der Waals surface area contributed by atoms with Crippen LogP contribution in [0.3, 0.4) is 0 Å². The molecule has 2 fully saturated rings. The molecule has 1 aliphatic heterocycles. The summed E-state index contributed by atoms with van der Waals surface area (Å²) in [6.45, 7) is 2.55. The molecule has 1 aromatic rings. The fraction of sp³-hybridized carbons (Fsp3) is 0.611. The summed E-state index contributed by atoms with van der Waals surface area (Å²) in [6.07, 6.45) is 8.08. The zero-order valence-corrected chi connectivity index (χ0v) is 14.2. The molecule has 1 aromatic heterocycles. The van der Waals surface area contributed by atoms with Gasteiger partial charge in [-0.25, -0.2) is 4.98 Å². The van der Waals surface area contributed by atoms with Crippen molar-refractivity contribution in [1.29, 1.82) is 0 Å². The number of amides is 2. The molecule has 0 spiro atoms. The summed E-state index contributed by atoms with van der Waals surface area (Å²) in [6, 6.07) is 3.42. The number of carbonyl (C=O) groups is 2. The molecule has 2 aliphatic rings. The molecule has 130 valence electrons. The van der Waals surface area contributed by atoms with Crippen LogP contribution in [0, 0.1) is 0 Å². The van der Waals surface area contributed by atoms with Crippen LogP contribution >= 0.6 is 0 Å². The smallest absolute Gasteiger partial charge is 0.243 e. The second-order valence-electron chi connectivity index (χ2n) is 6.58. The first-order valence-corrected chi connectivity index (χ1v) is 8.80. The van der Waals surface area contributed by atoms with E-state index in [1.807, 2.05) is 12.1 Å². The number of pyridine rings is 1. The maximum atomic E-state index is 12.4. The summed E-state index contributed by atoms with van der Waals surface area (Å²) in [7, 11) is 0. The first-order chi connectivity index (χ1) is 11.6. The summed E-state index contributed by atoms with van der Waals surface area (Å²) in [5, 5.41) is 2.94. The molecule has 0 aromatic carbocycles. The van der Waals surface area contributed by atoms with Crippen molar-refractivity contribution in [3.05, 3.63) is 23.9 Å². The molecule has 6 nitrogen and oxygen atoms in total. The Balaban J connectivity index is 1.60. The van der Waals surface area contributed by atoms with E-state index in [0.717, 1.165) is 31.2 Å². The number of nitrogens with one attached hydrogen (secondary N) is 1. The van der Waals surface area contributed by atoms with Crippen molar-refractivity contribution < 1.29 is 14.3 Å². The Labute approximate surface area is 142 Å².